The van der Waals surface area contributed by atoms with Crippen LogP contribution in [0.15, 0.2) is 0 Å². The van der Waals surface area contributed by atoms with Crippen LogP contribution in [-0.4, -0.2) is 35.1 Å². The van der Waals surface area contributed by atoms with E-state index in [4.69, 9.17) is 0 Å². The minimum atomic E-state index is 0.372. The summed E-state index contributed by atoms with van der Waals surface area (Å²) in [5.74, 6) is 0.927. The molecular formula is C16H32N2. The van der Waals surface area contributed by atoms with Crippen LogP contribution in [0.25, 0.3) is 0 Å². The minimum Gasteiger partial charge on any atom is -0.308 e. The average Bonchev–Trinajstić information content (AvgIpc) is 3.23. The molecular weight excluding hydrogens is 220 g/mol. The zero-order valence-corrected chi connectivity index (χ0v) is 13.1. The summed E-state index contributed by atoms with van der Waals surface area (Å²) in [6.07, 6.45) is 6.66. The molecule has 1 heterocycles. The van der Waals surface area contributed by atoms with Gasteiger partial charge in [0.1, 0.15) is 0 Å². The van der Waals surface area contributed by atoms with Crippen LogP contribution in [0, 0.1) is 5.92 Å². The van der Waals surface area contributed by atoms with Gasteiger partial charge in [-0.3, -0.25) is 4.90 Å². The van der Waals surface area contributed by atoms with Gasteiger partial charge in [-0.2, -0.15) is 0 Å². The highest BCUT2D eigenvalue weighted by atomic mass is 15.3. The Morgan fingerprint density at radius 2 is 1.83 bits per heavy atom. The fourth-order valence-electron chi connectivity index (χ4n) is 3.79. The predicted octanol–water partition coefficient (Wildman–Crippen LogP) is 3.42. The van der Waals surface area contributed by atoms with Crippen molar-refractivity contribution in [1.82, 2.24) is 10.2 Å². The average molecular weight is 252 g/mol. The third-order valence-electron chi connectivity index (χ3n) is 5.85. The monoisotopic (exact) mass is 252 g/mol. The summed E-state index contributed by atoms with van der Waals surface area (Å²) >= 11 is 0. The summed E-state index contributed by atoms with van der Waals surface area (Å²) in [6, 6.07) is 0.713. The van der Waals surface area contributed by atoms with Gasteiger partial charge in [-0.15, -0.1) is 0 Å². The number of rotatable bonds is 5. The Labute approximate surface area is 114 Å². The second-order valence-corrected chi connectivity index (χ2v) is 6.86. The van der Waals surface area contributed by atoms with E-state index < -0.39 is 0 Å². The first-order valence-corrected chi connectivity index (χ1v) is 8.03. The van der Waals surface area contributed by atoms with E-state index in [1.165, 1.54) is 45.2 Å². The van der Waals surface area contributed by atoms with Gasteiger partial charge in [0, 0.05) is 30.2 Å². The second kappa shape index (κ2) is 5.13. The Morgan fingerprint density at radius 3 is 2.28 bits per heavy atom. The van der Waals surface area contributed by atoms with Gasteiger partial charge in [-0.25, -0.2) is 0 Å². The largest absolute Gasteiger partial charge is 0.308 e. The number of nitrogens with one attached hydrogen (secondary N) is 1. The molecule has 0 spiro atoms. The second-order valence-electron chi connectivity index (χ2n) is 6.86. The summed E-state index contributed by atoms with van der Waals surface area (Å²) in [5, 5.41) is 3.92. The van der Waals surface area contributed by atoms with E-state index in [2.05, 4.69) is 44.8 Å². The summed E-state index contributed by atoms with van der Waals surface area (Å²) in [4.78, 5) is 2.84. The molecule has 1 saturated heterocycles. The van der Waals surface area contributed by atoms with Crippen molar-refractivity contribution in [2.24, 2.45) is 5.92 Å². The molecule has 18 heavy (non-hydrogen) atoms. The van der Waals surface area contributed by atoms with Gasteiger partial charge < -0.3 is 5.32 Å². The zero-order chi connectivity index (χ0) is 13.4. The van der Waals surface area contributed by atoms with Crippen molar-refractivity contribution in [3.05, 3.63) is 0 Å². The highest BCUT2D eigenvalue weighted by molar-refractivity contribution is 5.09. The summed E-state index contributed by atoms with van der Waals surface area (Å²) in [7, 11) is 0. The maximum Gasteiger partial charge on any atom is 0.0332 e. The van der Waals surface area contributed by atoms with Crippen LogP contribution in [0.5, 0.6) is 0 Å². The van der Waals surface area contributed by atoms with E-state index >= 15 is 0 Å². The van der Waals surface area contributed by atoms with E-state index in [9.17, 15) is 0 Å². The quantitative estimate of drug-likeness (QED) is 0.806. The SMILES string of the molecule is CCC(C)N1CC(C)(C2CC2)NCC1(CC)CC. The summed E-state index contributed by atoms with van der Waals surface area (Å²) in [6.45, 7) is 14.3. The van der Waals surface area contributed by atoms with E-state index in [1.807, 2.05) is 0 Å². The van der Waals surface area contributed by atoms with Crippen molar-refractivity contribution in [2.45, 2.75) is 83.8 Å². The summed E-state index contributed by atoms with van der Waals surface area (Å²) < 4.78 is 0. The zero-order valence-electron chi connectivity index (χ0n) is 13.1. The molecule has 0 bridgehead atoms. The molecule has 1 aliphatic heterocycles. The lowest BCUT2D eigenvalue weighted by atomic mass is 9.80. The molecule has 106 valence electrons. The molecule has 2 nitrogen and oxygen atoms in total. The Morgan fingerprint density at radius 1 is 1.22 bits per heavy atom. The van der Waals surface area contributed by atoms with E-state index in [-0.39, 0.29) is 0 Å². The molecule has 0 radical (unpaired) electrons. The molecule has 0 aromatic rings. The van der Waals surface area contributed by atoms with Crippen LogP contribution < -0.4 is 5.32 Å². The van der Waals surface area contributed by atoms with Crippen LogP contribution in [0.4, 0.5) is 0 Å². The Bertz CT molecular complexity index is 281. The van der Waals surface area contributed by atoms with E-state index in [1.54, 1.807) is 0 Å². The first-order valence-electron chi connectivity index (χ1n) is 8.03. The van der Waals surface area contributed by atoms with Gasteiger partial charge in [0.15, 0.2) is 0 Å². The molecule has 1 N–H and O–H groups in total. The molecule has 0 aromatic heterocycles. The van der Waals surface area contributed by atoms with Crippen LogP contribution >= 0.6 is 0 Å². The van der Waals surface area contributed by atoms with Gasteiger partial charge >= 0.3 is 0 Å². The molecule has 2 heteroatoms. The lowest BCUT2D eigenvalue weighted by molar-refractivity contribution is -0.0305. The van der Waals surface area contributed by atoms with Crippen LogP contribution in [0.1, 0.15) is 66.7 Å². The Balaban J connectivity index is 2.19. The van der Waals surface area contributed by atoms with Crippen LogP contribution in [-0.2, 0) is 0 Å². The van der Waals surface area contributed by atoms with Crippen LogP contribution in [0.2, 0.25) is 0 Å². The predicted molar refractivity (Wildman–Crippen MR) is 78.9 cm³/mol. The Kier molecular flexibility index (Phi) is 4.08. The minimum absolute atomic E-state index is 0.372. The lowest BCUT2D eigenvalue weighted by Gasteiger charge is -2.56. The van der Waals surface area contributed by atoms with Crippen molar-refractivity contribution in [2.75, 3.05) is 13.1 Å². The van der Waals surface area contributed by atoms with Crippen molar-refractivity contribution < 1.29 is 0 Å². The molecule has 2 rings (SSSR count). The van der Waals surface area contributed by atoms with Gasteiger partial charge in [0.2, 0.25) is 0 Å². The third-order valence-corrected chi connectivity index (χ3v) is 5.85. The van der Waals surface area contributed by atoms with Crippen molar-refractivity contribution in [1.29, 1.82) is 0 Å². The van der Waals surface area contributed by atoms with Gasteiger partial charge in [0.25, 0.3) is 0 Å². The van der Waals surface area contributed by atoms with E-state index in [0.29, 0.717) is 17.1 Å². The maximum atomic E-state index is 3.92. The van der Waals surface area contributed by atoms with Gasteiger partial charge in [0.05, 0.1) is 0 Å². The lowest BCUT2D eigenvalue weighted by Crippen LogP contribution is -2.71. The van der Waals surface area contributed by atoms with Crippen molar-refractivity contribution in [3.8, 4) is 0 Å². The number of hydrogen-bond acceptors (Lipinski definition) is 2. The number of hydrogen-bond donors (Lipinski definition) is 1. The smallest absolute Gasteiger partial charge is 0.0332 e. The highest BCUT2D eigenvalue weighted by Crippen LogP contribution is 2.44. The van der Waals surface area contributed by atoms with Gasteiger partial charge in [-0.05, 0) is 51.9 Å². The molecule has 0 amide bonds. The molecule has 1 aliphatic carbocycles. The first kappa shape index (κ1) is 14.3. The van der Waals surface area contributed by atoms with E-state index in [0.717, 1.165) is 5.92 Å². The number of piperazine rings is 1. The molecule has 2 atom stereocenters. The molecule has 2 aliphatic rings. The normalized spacial score (nSPS) is 34.5. The van der Waals surface area contributed by atoms with Crippen molar-refractivity contribution >= 4 is 0 Å². The molecule has 2 unspecified atom stereocenters. The third kappa shape index (κ3) is 2.34. The molecule has 1 saturated carbocycles. The molecule has 0 aromatic carbocycles. The van der Waals surface area contributed by atoms with Crippen molar-refractivity contribution in [3.63, 3.8) is 0 Å². The van der Waals surface area contributed by atoms with Crippen LogP contribution in [0.3, 0.4) is 0 Å². The fourth-order valence-corrected chi connectivity index (χ4v) is 3.79. The maximum absolute atomic E-state index is 3.92. The molecule has 2 fully saturated rings. The topological polar surface area (TPSA) is 15.3 Å². The fraction of sp³-hybridized carbons (Fsp3) is 1.00. The van der Waals surface area contributed by atoms with Gasteiger partial charge in [-0.1, -0.05) is 20.8 Å². The highest BCUT2D eigenvalue weighted by Gasteiger charge is 2.50. The number of nitrogens with zero attached hydrogens (tertiary/aromatic N) is 1. The standard InChI is InChI=1S/C16H32N2/c1-6-13(4)18-12-15(5,14-9-10-14)17-11-16(18,7-2)8-3/h13-14,17H,6-12H2,1-5H3. The first-order chi connectivity index (χ1) is 8.51. The Hall–Kier alpha value is -0.0800. The summed E-state index contributed by atoms with van der Waals surface area (Å²) in [5.41, 5.74) is 0.765.